The fourth-order valence-electron chi connectivity index (χ4n) is 1.000. The Bertz CT molecular complexity index is 408. The van der Waals surface area contributed by atoms with Gasteiger partial charge in [0.25, 0.3) is 0 Å². The number of unbranched alkanes of at least 4 members (excludes halogenated alkanes) is 1. The number of halogens is 1. The zero-order valence-electron chi connectivity index (χ0n) is 10.4. The fourth-order valence-corrected chi connectivity index (χ4v) is 2.39. The number of rotatable bonds is 5. The summed E-state index contributed by atoms with van der Waals surface area (Å²) in [5.41, 5.74) is 0. The molecule has 86 valence electrons. The molecule has 0 saturated carbocycles. The average Bonchev–Trinajstić information content (AvgIpc) is 2.18. The van der Waals surface area contributed by atoms with Crippen molar-refractivity contribution in [3.63, 3.8) is 0 Å². The van der Waals surface area contributed by atoms with Crippen LogP contribution in [0.3, 0.4) is 0 Å². The monoisotopic (exact) mass is 316 g/mol. The first-order valence-corrected chi connectivity index (χ1v) is 7.08. The molecule has 3 nitrogen and oxygen atoms in total. The van der Waals surface area contributed by atoms with Gasteiger partial charge in [-0.05, 0) is 30.7 Å². The summed E-state index contributed by atoms with van der Waals surface area (Å²) < 4.78 is 28.6. The molecule has 0 atom stereocenters. The van der Waals surface area contributed by atoms with Crippen LogP contribution < -0.4 is 33.7 Å². The predicted molar refractivity (Wildman–Crippen MR) is 64.6 cm³/mol. The summed E-state index contributed by atoms with van der Waals surface area (Å²) in [6, 6.07) is 6.72. The van der Waals surface area contributed by atoms with Crippen LogP contribution in [0.15, 0.2) is 28.7 Å². The topological polar surface area (TPSA) is 43.4 Å². The Hall–Kier alpha value is 0.450. The molecular weight excluding hydrogens is 303 g/mol. The van der Waals surface area contributed by atoms with E-state index < -0.39 is 10.1 Å². The maximum atomic E-state index is 11.4. The normalized spacial score (nSPS) is 10.6. The van der Waals surface area contributed by atoms with Gasteiger partial charge in [0.15, 0.2) is 0 Å². The molecule has 0 saturated heterocycles. The molecule has 1 rings (SSSR count). The van der Waals surface area contributed by atoms with Gasteiger partial charge in [-0.25, -0.2) is 0 Å². The third kappa shape index (κ3) is 6.25. The zero-order chi connectivity index (χ0) is 11.3. The van der Waals surface area contributed by atoms with Crippen molar-refractivity contribution in [1.29, 1.82) is 0 Å². The molecule has 0 radical (unpaired) electrons. The molecule has 1 aromatic carbocycles. The minimum absolute atomic E-state index is 0. The van der Waals surface area contributed by atoms with Crippen molar-refractivity contribution in [2.24, 2.45) is 0 Å². The Balaban J connectivity index is 0. The Morgan fingerprint density at radius 1 is 1.31 bits per heavy atom. The van der Waals surface area contributed by atoms with E-state index in [1.807, 2.05) is 6.92 Å². The SMILES string of the molecule is CCCCS(=O)(=O)Oc1ccc(Br)cc1.[H-].[Na+]. The van der Waals surface area contributed by atoms with Crippen LogP contribution in [0.25, 0.3) is 0 Å². The van der Waals surface area contributed by atoms with Crippen molar-refractivity contribution in [1.82, 2.24) is 0 Å². The summed E-state index contributed by atoms with van der Waals surface area (Å²) in [6.45, 7) is 1.94. The molecule has 0 amide bonds. The van der Waals surface area contributed by atoms with Crippen molar-refractivity contribution in [2.75, 3.05) is 5.75 Å². The Morgan fingerprint density at radius 3 is 2.38 bits per heavy atom. The molecule has 0 fully saturated rings. The molecule has 0 aromatic heterocycles. The van der Waals surface area contributed by atoms with Gasteiger partial charge >= 0.3 is 39.7 Å². The minimum atomic E-state index is -3.42. The number of benzene rings is 1. The smallest absolute Gasteiger partial charge is 1.00 e. The molecular formula is C10H14BrNaO3S. The number of hydrogen-bond acceptors (Lipinski definition) is 3. The summed E-state index contributed by atoms with van der Waals surface area (Å²) in [5.74, 6) is 0.425. The van der Waals surface area contributed by atoms with Crippen LogP contribution >= 0.6 is 15.9 Å². The first kappa shape index (κ1) is 16.4. The van der Waals surface area contributed by atoms with Crippen LogP contribution in [0.5, 0.6) is 5.75 Å². The molecule has 0 unspecified atom stereocenters. The molecule has 16 heavy (non-hydrogen) atoms. The van der Waals surface area contributed by atoms with Gasteiger partial charge in [0.1, 0.15) is 5.75 Å². The van der Waals surface area contributed by atoms with E-state index in [1.54, 1.807) is 24.3 Å². The van der Waals surface area contributed by atoms with E-state index >= 15 is 0 Å². The van der Waals surface area contributed by atoms with Gasteiger partial charge in [-0.3, -0.25) is 0 Å². The third-order valence-electron chi connectivity index (χ3n) is 1.78. The maximum absolute atomic E-state index is 11.4. The molecule has 0 bridgehead atoms. The van der Waals surface area contributed by atoms with Crippen LogP contribution in [-0.2, 0) is 10.1 Å². The van der Waals surface area contributed by atoms with E-state index in [0.717, 1.165) is 10.9 Å². The maximum Gasteiger partial charge on any atom is 1.00 e. The standard InChI is InChI=1S/C10H13BrO3S.Na.H/c1-2-3-8-15(12,13)14-10-6-4-9(11)5-7-10;;/h4-7H,2-3,8H2,1H3;;/q;+1;-1. The van der Waals surface area contributed by atoms with E-state index in [9.17, 15) is 8.42 Å². The van der Waals surface area contributed by atoms with Gasteiger partial charge in [0.05, 0.1) is 5.75 Å². The van der Waals surface area contributed by atoms with Crippen molar-refractivity contribution >= 4 is 26.0 Å². The van der Waals surface area contributed by atoms with E-state index in [4.69, 9.17) is 4.18 Å². The Kier molecular flexibility index (Phi) is 7.93. The summed E-state index contributed by atoms with van der Waals surface area (Å²) >= 11 is 3.26. The van der Waals surface area contributed by atoms with Gasteiger partial charge in [0.2, 0.25) is 0 Å². The van der Waals surface area contributed by atoms with Gasteiger partial charge < -0.3 is 5.61 Å². The molecule has 0 N–H and O–H groups in total. The van der Waals surface area contributed by atoms with Crippen LogP contribution in [0, 0.1) is 0 Å². The van der Waals surface area contributed by atoms with Crippen molar-refractivity contribution in [2.45, 2.75) is 19.8 Å². The van der Waals surface area contributed by atoms with Crippen molar-refractivity contribution in [3.8, 4) is 5.75 Å². The molecule has 6 heteroatoms. The van der Waals surface area contributed by atoms with Crippen LogP contribution in [-0.4, -0.2) is 14.2 Å². The third-order valence-corrected chi connectivity index (χ3v) is 3.55. The molecule has 0 aliphatic heterocycles. The van der Waals surface area contributed by atoms with E-state index in [0.29, 0.717) is 12.2 Å². The second-order valence-electron chi connectivity index (χ2n) is 3.15. The minimum Gasteiger partial charge on any atom is -1.00 e. The van der Waals surface area contributed by atoms with Crippen LogP contribution in [0.2, 0.25) is 0 Å². The number of hydrogen-bond donors (Lipinski definition) is 0. The first-order valence-electron chi connectivity index (χ1n) is 4.71. The van der Waals surface area contributed by atoms with Crippen molar-refractivity contribution in [3.05, 3.63) is 28.7 Å². The molecule has 0 spiro atoms. The molecule has 0 heterocycles. The second-order valence-corrected chi connectivity index (χ2v) is 5.76. The molecule has 1 aromatic rings. The van der Waals surface area contributed by atoms with E-state index in [2.05, 4.69) is 15.9 Å². The fraction of sp³-hybridized carbons (Fsp3) is 0.400. The van der Waals surface area contributed by atoms with Gasteiger partial charge in [0, 0.05) is 4.47 Å². The predicted octanol–water partition coefficient (Wildman–Crippen LogP) is 0.0743. The van der Waals surface area contributed by atoms with Crippen LogP contribution in [0.4, 0.5) is 0 Å². The Labute approximate surface area is 129 Å². The van der Waals surface area contributed by atoms with Gasteiger partial charge in [-0.15, -0.1) is 0 Å². The zero-order valence-corrected chi connectivity index (χ0v) is 13.8. The van der Waals surface area contributed by atoms with Gasteiger partial charge in [-0.1, -0.05) is 29.3 Å². The van der Waals surface area contributed by atoms with Gasteiger partial charge in [-0.2, -0.15) is 8.42 Å². The largest absolute Gasteiger partial charge is 1.00 e. The first-order chi connectivity index (χ1) is 7.03. The summed E-state index contributed by atoms with van der Waals surface area (Å²) in [5, 5.41) is 0. The van der Waals surface area contributed by atoms with E-state index in [1.165, 1.54) is 0 Å². The summed E-state index contributed by atoms with van der Waals surface area (Å²) in [6.07, 6.45) is 1.46. The summed E-state index contributed by atoms with van der Waals surface area (Å²) in [7, 11) is -3.42. The molecule has 0 aliphatic rings. The second kappa shape index (κ2) is 7.71. The summed E-state index contributed by atoms with van der Waals surface area (Å²) in [4.78, 5) is 0. The molecule has 0 aliphatic carbocycles. The van der Waals surface area contributed by atoms with Crippen molar-refractivity contribution < 1.29 is 43.6 Å². The van der Waals surface area contributed by atoms with E-state index in [-0.39, 0.29) is 36.7 Å². The average molecular weight is 317 g/mol. The Morgan fingerprint density at radius 2 is 1.88 bits per heavy atom. The van der Waals surface area contributed by atoms with Crippen LogP contribution in [0.1, 0.15) is 21.2 Å². The quantitative estimate of drug-likeness (QED) is 0.570.